The average molecular weight is 466 g/mol. The summed E-state index contributed by atoms with van der Waals surface area (Å²) >= 11 is 1.31. The lowest BCUT2D eigenvalue weighted by Gasteiger charge is -2.22. The number of benzene rings is 2. The van der Waals surface area contributed by atoms with Gasteiger partial charge in [-0.25, -0.2) is 4.39 Å². The number of hydrogen-bond acceptors (Lipinski definition) is 7. The molecule has 1 atom stereocenters. The van der Waals surface area contributed by atoms with Crippen LogP contribution in [-0.2, 0) is 6.42 Å². The molecule has 4 aromatic rings. The van der Waals surface area contributed by atoms with Gasteiger partial charge in [0.15, 0.2) is 5.43 Å². The monoisotopic (exact) mass is 465 g/mol. The molecule has 1 aliphatic rings. The fraction of sp³-hybridized carbons (Fsp3) is 0.250. The van der Waals surface area contributed by atoms with E-state index < -0.39 is 23.2 Å². The van der Waals surface area contributed by atoms with Crippen LogP contribution in [-0.4, -0.2) is 23.2 Å². The molecule has 0 spiro atoms. The van der Waals surface area contributed by atoms with Gasteiger partial charge in [0, 0.05) is 6.42 Å². The normalized spacial score (nSPS) is 15.5. The lowest BCUT2D eigenvalue weighted by Crippen LogP contribution is -2.29. The van der Waals surface area contributed by atoms with Gasteiger partial charge in [0.05, 0.1) is 24.1 Å². The number of amides is 1. The highest BCUT2D eigenvalue weighted by Crippen LogP contribution is 2.42. The van der Waals surface area contributed by atoms with E-state index in [9.17, 15) is 14.0 Å². The summed E-state index contributed by atoms with van der Waals surface area (Å²) in [6.45, 7) is 4.15. The number of anilines is 1. The summed E-state index contributed by atoms with van der Waals surface area (Å²) in [5, 5.41) is 9.74. The first-order valence-electron chi connectivity index (χ1n) is 10.4. The van der Waals surface area contributed by atoms with Gasteiger partial charge in [0.2, 0.25) is 10.9 Å². The smallest absolute Gasteiger partial charge is 0.297 e. The van der Waals surface area contributed by atoms with Crippen molar-refractivity contribution in [3.8, 4) is 5.75 Å². The molecular weight excluding hydrogens is 445 g/mol. The first kappa shape index (κ1) is 21.3. The highest BCUT2D eigenvalue weighted by atomic mass is 32.1. The third-order valence-corrected chi connectivity index (χ3v) is 6.45. The maximum absolute atomic E-state index is 13.9. The number of halogens is 1. The van der Waals surface area contributed by atoms with E-state index in [4.69, 9.17) is 9.15 Å². The fourth-order valence-electron chi connectivity index (χ4n) is 4.02. The molecule has 1 unspecified atom stereocenters. The zero-order valence-electron chi connectivity index (χ0n) is 18.2. The Morgan fingerprint density at radius 2 is 1.91 bits per heavy atom. The van der Waals surface area contributed by atoms with E-state index in [0.717, 1.165) is 17.5 Å². The predicted molar refractivity (Wildman–Crippen MR) is 123 cm³/mol. The Labute approximate surface area is 192 Å². The van der Waals surface area contributed by atoms with Crippen molar-refractivity contribution in [2.24, 2.45) is 5.92 Å². The van der Waals surface area contributed by atoms with E-state index >= 15 is 0 Å². The molecule has 2 aromatic heterocycles. The van der Waals surface area contributed by atoms with Crippen molar-refractivity contribution >= 4 is 33.3 Å². The molecule has 1 aliphatic heterocycles. The molecular formula is C24H20FN3O4S. The number of fused-ring (bicyclic) bond motifs is 2. The molecule has 0 aliphatic carbocycles. The van der Waals surface area contributed by atoms with Gasteiger partial charge in [0.25, 0.3) is 5.91 Å². The average Bonchev–Trinajstić information content (AvgIpc) is 3.36. The van der Waals surface area contributed by atoms with E-state index in [1.54, 1.807) is 31.4 Å². The molecule has 0 saturated heterocycles. The number of carbonyl (C=O) groups is 1. The molecule has 7 nitrogen and oxygen atoms in total. The van der Waals surface area contributed by atoms with Gasteiger partial charge >= 0.3 is 0 Å². The SMILES string of the molecule is COc1ccc(C2c3c(oc4ccc(F)cc4c3=O)C(=O)N2c2nnc(CC(C)C)s2)cc1. The predicted octanol–water partition coefficient (Wildman–Crippen LogP) is 4.74. The summed E-state index contributed by atoms with van der Waals surface area (Å²) in [6.07, 6.45) is 0.722. The number of carbonyl (C=O) groups excluding carboxylic acids is 1. The first-order chi connectivity index (χ1) is 15.9. The van der Waals surface area contributed by atoms with Gasteiger partial charge in [-0.3, -0.25) is 14.5 Å². The van der Waals surface area contributed by atoms with Crippen LogP contribution in [0.5, 0.6) is 5.75 Å². The summed E-state index contributed by atoms with van der Waals surface area (Å²) in [4.78, 5) is 28.5. The quantitative estimate of drug-likeness (QED) is 0.423. The standard InChI is InChI=1S/C24H20FN3O4S/c1-12(2)10-18-26-27-24(33-18)28-20(13-4-7-15(31-3)8-5-13)19-21(29)16-11-14(25)6-9-17(16)32-22(19)23(28)30/h4-9,11-12,20H,10H2,1-3H3. The van der Waals surface area contributed by atoms with Crippen LogP contribution in [0.15, 0.2) is 51.7 Å². The number of hydrogen-bond donors (Lipinski definition) is 0. The molecule has 0 fully saturated rings. The van der Waals surface area contributed by atoms with Crippen LogP contribution in [0.2, 0.25) is 0 Å². The Morgan fingerprint density at radius 1 is 1.15 bits per heavy atom. The molecule has 0 radical (unpaired) electrons. The highest BCUT2D eigenvalue weighted by Gasteiger charge is 2.45. The summed E-state index contributed by atoms with van der Waals surface area (Å²) in [6, 6.07) is 9.96. The topological polar surface area (TPSA) is 85.5 Å². The van der Waals surface area contributed by atoms with Crippen LogP contribution >= 0.6 is 11.3 Å². The maximum atomic E-state index is 13.9. The molecule has 0 N–H and O–H groups in total. The summed E-state index contributed by atoms with van der Waals surface area (Å²) < 4.78 is 25.0. The zero-order valence-corrected chi connectivity index (χ0v) is 19.0. The number of nitrogens with zero attached hydrogens (tertiary/aromatic N) is 3. The van der Waals surface area contributed by atoms with E-state index in [-0.39, 0.29) is 22.3 Å². The lowest BCUT2D eigenvalue weighted by atomic mass is 9.98. The van der Waals surface area contributed by atoms with Crippen molar-refractivity contribution in [1.82, 2.24) is 10.2 Å². The second kappa shape index (κ2) is 8.08. The third kappa shape index (κ3) is 3.58. The van der Waals surface area contributed by atoms with Crippen LogP contribution in [0.4, 0.5) is 9.52 Å². The van der Waals surface area contributed by atoms with Crippen LogP contribution < -0.4 is 15.1 Å². The minimum Gasteiger partial charge on any atom is -0.497 e. The fourth-order valence-corrected chi connectivity index (χ4v) is 5.10. The Bertz CT molecular complexity index is 1430. The summed E-state index contributed by atoms with van der Waals surface area (Å²) in [5.41, 5.74) is 0.534. The van der Waals surface area contributed by atoms with Crippen molar-refractivity contribution < 1.29 is 18.3 Å². The van der Waals surface area contributed by atoms with Crippen LogP contribution in [0.25, 0.3) is 11.0 Å². The number of aromatic nitrogens is 2. The molecule has 0 saturated carbocycles. The van der Waals surface area contributed by atoms with E-state index in [0.29, 0.717) is 22.4 Å². The minimum atomic E-state index is -0.790. The van der Waals surface area contributed by atoms with Crippen molar-refractivity contribution in [3.63, 3.8) is 0 Å². The number of ether oxygens (including phenoxy) is 1. The second-order valence-electron chi connectivity index (χ2n) is 8.24. The molecule has 5 rings (SSSR count). The van der Waals surface area contributed by atoms with Crippen molar-refractivity contribution in [3.05, 3.63) is 80.4 Å². The van der Waals surface area contributed by atoms with Crippen LogP contribution in [0.3, 0.4) is 0 Å². The Kier molecular flexibility index (Phi) is 5.20. The number of methoxy groups -OCH3 is 1. The van der Waals surface area contributed by atoms with Crippen LogP contribution in [0.1, 0.15) is 46.6 Å². The van der Waals surface area contributed by atoms with Crippen molar-refractivity contribution in [1.29, 1.82) is 0 Å². The molecule has 0 bridgehead atoms. The minimum absolute atomic E-state index is 0.0689. The van der Waals surface area contributed by atoms with Crippen molar-refractivity contribution in [2.75, 3.05) is 12.0 Å². The Balaban J connectivity index is 1.73. The highest BCUT2D eigenvalue weighted by molar-refractivity contribution is 7.15. The molecule has 168 valence electrons. The van der Waals surface area contributed by atoms with Gasteiger partial charge in [-0.05, 0) is 41.8 Å². The van der Waals surface area contributed by atoms with Gasteiger partial charge < -0.3 is 9.15 Å². The number of rotatable bonds is 5. The molecule has 33 heavy (non-hydrogen) atoms. The summed E-state index contributed by atoms with van der Waals surface area (Å²) in [7, 11) is 1.56. The van der Waals surface area contributed by atoms with E-state index in [1.165, 1.54) is 28.4 Å². The second-order valence-corrected chi connectivity index (χ2v) is 9.28. The summed E-state index contributed by atoms with van der Waals surface area (Å²) in [5.74, 6) is -0.1000. The van der Waals surface area contributed by atoms with Crippen LogP contribution in [0, 0.1) is 11.7 Å². The molecule has 3 heterocycles. The molecule has 2 aromatic carbocycles. The van der Waals surface area contributed by atoms with Crippen molar-refractivity contribution in [2.45, 2.75) is 26.3 Å². The first-order valence-corrected chi connectivity index (χ1v) is 11.2. The Morgan fingerprint density at radius 3 is 2.61 bits per heavy atom. The van der Waals surface area contributed by atoms with Gasteiger partial charge in [-0.2, -0.15) is 0 Å². The van der Waals surface area contributed by atoms with E-state index in [2.05, 4.69) is 24.0 Å². The largest absolute Gasteiger partial charge is 0.497 e. The van der Waals surface area contributed by atoms with Gasteiger partial charge in [-0.15, -0.1) is 10.2 Å². The maximum Gasteiger partial charge on any atom is 0.297 e. The third-order valence-electron chi connectivity index (χ3n) is 5.51. The van der Waals surface area contributed by atoms with E-state index in [1.807, 2.05) is 0 Å². The molecule has 1 amide bonds. The van der Waals surface area contributed by atoms with Gasteiger partial charge in [0.1, 0.15) is 22.2 Å². The lowest BCUT2D eigenvalue weighted by molar-refractivity contribution is 0.0970. The molecule has 9 heteroatoms. The zero-order chi connectivity index (χ0) is 23.3. The van der Waals surface area contributed by atoms with Gasteiger partial charge in [-0.1, -0.05) is 37.3 Å². The Hall–Kier alpha value is -3.59.